The van der Waals surface area contributed by atoms with Gasteiger partial charge in [-0.25, -0.2) is 13.2 Å². The molecule has 1 aromatic carbocycles. The highest BCUT2D eigenvalue weighted by Gasteiger charge is 2.32. The van der Waals surface area contributed by atoms with Crippen molar-refractivity contribution in [2.45, 2.75) is 37.9 Å². The second-order valence-corrected chi connectivity index (χ2v) is 7.82. The Morgan fingerprint density at radius 3 is 2.46 bits per heavy atom. The maximum atomic E-state index is 12.8. The van der Waals surface area contributed by atoms with Crippen molar-refractivity contribution in [2.75, 3.05) is 19.7 Å². The highest BCUT2D eigenvalue weighted by molar-refractivity contribution is 7.89. The second kappa shape index (κ2) is 7.42. The number of rotatable bonds is 5. The molecule has 1 heterocycles. The third-order valence-corrected chi connectivity index (χ3v) is 5.33. The van der Waals surface area contributed by atoms with Gasteiger partial charge in [-0.1, -0.05) is 6.07 Å². The first-order valence-corrected chi connectivity index (χ1v) is 9.06. The molecule has 1 aliphatic rings. The van der Waals surface area contributed by atoms with Gasteiger partial charge in [-0.15, -0.1) is 0 Å². The fourth-order valence-corrected chi connectivity index (χ4v) is 4.15. The average molecular weight is 355 g/mol. The van der Waals surface area contributed by atoms with Gasteiger partial charge in [0.25, 0.3) is 0 Å². The maximum absolute atomic E-state index is 12.8. The molecule has 0 unspecified atom stereocenters. The lowest BCUT2D eigenvalue weighted by Crippen LogP contribution is -2.48. The SMILES string of the molecule is CC(=O)COC(=O)c1cccc(S(=O)(=O)N2C[C@@H](C)O[C@@H](C)C2)c1. The van der Waals surface area contributed by atoms with Crippen molar-refractivity contribution in [3.63, 3.8) is 0 Å². The van der Waals surface area contributed by atoms with Crippen molar-refractivity contribution in [3.8, 4) is 0 Å². The Morgan fingerprint density at radius 2 is 1.88 bits per heavy atom. The molecule has 0 amide bonds. The zero-order valence-corrected chi connectivity index (χ0v) is 14.7. The van der Waals surface area contributed by atoms with E-state index in [4.69, 9.17) is 9.47 Å². The van der Waals surface area contributed by atoms with Crippen molar-refractivity contribution in [1.82, 2.24) is 4.31 Å². The van der Waals surface area contributed by atoms with E-state index >= 15 is 0 Å². The minimum absolute atomic E-state index is 0.0149. The first-order chi connectivity index (χ1) is 11.2. The van der Waals surface area contributed by atoms with Gasteiger partial charge in [0.2, 0.25) is 10.0 Å². The quantitative estimate of drug-likeness (QED) is 0.738. The lowest BCUT2D eigenvalue weighted by Gasteiger charge is -2.34. The van der Waals surface area contributed by atoms with Crippen LogP contribution in [0.2, 0.25) is 0 Å². The minimum atomic E-state index is -3.74. The molecule has 1 fully saturated rings. The Hall–Kier alpha value is -1.77. The third-order valence-electron chi connectivity index (χ3n) is 3.50. The summed E-state index contributed by atoms with van der Waals surface area (Å²) in [7, 11) is -3.74. The van der Waals surface area contributed by atoms with E-state index in [2.05, 4.69) is 0 Å². The summed E-state index contributed by atoms with van der Waals surface area (Å²) in [6.45, 7) is 5.10. The Labute approximate surface area is 141 Å². The number of hydrogen-bond donors (Lipinski definition) is 0. The normalized spacial score (nSPS) is 22.1. The molecular weight excluding hydrogens is 334 g/mol. The van der Waals surface area contributed by atoms with Gasteiger partial charge in [0, 0.05) is 13.1 Å². The van der Waals surface area contributed by atoms with E-state index in [0.717, 1.165) is 0 Å². The van der Waals surface area contributed by atoms with Gasteiger partial charge in [0.1, 0.15) is 6.61 Å². The van der Waals surface area contributed by atoms with Gasteiger partial charge in [-0.2, -0.15) is 4.31 Å². The van der Waals surface area contributed by atoms with Crippen LogP contribution in [0.4, 0.5) is 0 Å². The average Bonchev–Trinajstić information content (AvgIpc) is 2.51. The van der Waals surface area contributed by atoms with Crippen LogP contribution in [0.3, 0.4) is 0 Å². The number of Topliss-reactive ketones (excluding diaryl/α,β-unsaturated/α-hetero) is 1. The monoisotopic (exact) mass is 355 g/mol. The van der Waals surface area contributed by atoms with Crippen LogP contribution in [0.5, 0.6) is 0 Å². The number of morpholine rings is 1. The molecule has 7 nitrogen and oxygen atoms in total. The molecule has 0 aromatic heterocycles. The van der Waals surface area contributed by atoms with Gasteiger partial charge in [0.05, 0.1) is 22.7 Å². The van der Waals surface area contributed by atoms with Crippen LogP contribution in [0.25, 0.3) is 0 Å². The van der Waals surface area contributed by atoms with Crippen molar-refractivity contribution in [1.29, 1.82) is 0 Å². The molecular formula is C16H21NO6S. The van der Waals surface area contributed by atoms with Crippen LogP contribution in [-0.4, -0.2) is 56.4 Å². The number of carbonyl (C=O) groups excluding carboxylic acids is 2. The molecule has 1 aromatic rings. The highest BCUT2D eigenvalue weighted by atomic mass is 32.2. The third kappa shape index (κ3) is 4.40. The van der Waals surface area contributed by atoms with Crippen LogP contribution in [-0.2, 0) is 24.3 Å². The van der Waals surface area contributed by atoms with Gasteiger partial charge >= 0.3 is 5.97 Å². The van der Waals surface area contributed by atoms with E-state index in [1.54, 1.807) is 0 Å². The van der Waals surface area contributed by atoms with Crippen LogP contribution >= 0.6 is 0 Å². The number of esters is 1. The van der Waals surface area contributed by atoms with E-state index in [1.807, 2.05) is 13.8 Å². The largest absolute Gasteiger partial charge is 0.454 e. The number of ketones is 1. The summed E-state index contributed by atoms with van der Waals surface area (Å²) < 4.78 is 37.3. The molecule has 0 aliphatic carbocycles. The van der Waals surface area contributed by atoms with E-state index in [0.29, 0.717) is 0 Å². The first-order valence-electron chi connectivity index (χ1n) is 7.62. The Bertz CT molecular complexity index is 720. The number of nitrogens with zero attached hydrogens (tertiary/aromatic N) is 1. The summed E-state index contributed by atoms with van der Waals surface area (Å²) in [5, 5.41) is 0. The smallest absolute Gasteiger partial charge is 0.338 e. The molecule has 1 saturated heterocycles. The van der Waals surface area contributed by atoms with E-state index in [1.165, 1.54) is 35.5 Å². The van der Waals surface area contributed by atoms with Crippen LogP contribution in [0, 0.1) is 0 Å². The summed E-state index contributed by atoms with van der Waals surface area (Å²) in [5.41, 5.74) is 0.0895. The van der Waals surface area contributed by atoms with E-state index < -0.39 is 16.0 Å². The second-order valence-electron chi connectivity index (χ2n) is 5.89. The predicted molar refractivity (Wildman–Crippen MR) is 86.2 cm³/mol. The van der Waals surface area contributed by atoms with Gasteiger partial charge in [-0.3, -0.25) is 4.79 Å². The van der Waals surface area contributed by atoms with Gasteiger partial charge < -0.3 is 9.47 Å². The molecule has 2 rings (SSSR count). The molecule has 24 heavy (non-hydrogen) atoms. The summed E-state index contributed by atoms with van der Waals surface area (Å²) in [6, 6.07) is 5.63. The molecule has 0 N–H and O–H groups in total. The molecule has 0 bridgehead atoms. The van der Waals surface area contributed by atoms with Crippen molar-refractivity contribution in [2.24, 2.45) is 0 Å². The van der Waals surface area contributed by atoms with Crippen LogP contribution in [0.1, 0.15) is 31.1 Å². The summed E-state index contributed by atoms with van der Waals surface area (Å²) in [4.78, 5) is 22.8. The summed E-state index contributed by atoms with van der Waals surface area (Å²) in [5.74, 6) is -1.02. The lowest BCUT2D eigenvalue weighted by molar-refractivity contribution is -0.120. The van der Waals surface area contributed by atoms with Crippen LogP contribution in [0.15, 0.2) is 29.2 Å². The number of benzene rings is 1. The summed E-state index contributed by atoms with van der Waals surface area (Å²) >= 11 is 0. The van der Waals surface area contributed by atoms with Gasteiger partial charge in [0.15, 0.2) is 5.78 Å². The molecule has 1 aliphatic heterocycles. The number of hydrogen-bond acceptors (Lipinski definition) is 6. The fraction of sp³-hybridized carbons (Fsp3) is 0.500. The maximum Gasteiger partial charge on any atom is 0.338 e. The van der Waals surface area contributed by atoms with E-state index in [9.17, 15) is 18.0 Å². The van der Waals surface area contributed by atoms with Crippen molar-refractivity contribution in [3.05, 3.63) is 29.8 Å². The molecule has 8 heteroatoms. The zero-order chi connectivity index (χ0) is 17.9. The van der Waals surface area contributed by atoms with Crippen LogP contribution < -0.4 is 0 Å². The number of ether oxygens (including phenoxy) is 2. The topological polar surface area (TPSA) is 90.0 Å². The molecule has 0 saturated carbocycles. The first kappa shape index (κ1) is 18.6. The molecule has 0 radical (unpaired) electrons. The minimum Gasteiger partial charge on any atom is -0.454 e. The Balaban J connectivity index is 2.23. The van der Waals surface area contributed by atoms with Crippen molar-refractivity contribution >= 4 is 21.8 Å². The fourth-order valence-electron chi connectivity index (χ4n) is 2.51. The number of sulfonamides is 1. The predicted octanol–water partition coefficient (Wildman–Crippen LogP) is 1.23. The standard InChI is InChI=1S/C16H21NO6S/c1-11(18)10-22-16(19)14-5-4-6-15(7-14)24(20,21)17-8-12(2)23-13(3)9-17/h4-7,12-13H,8-10H2,1-3H3/t12-,13+. The molecule has 132 valence electrons. The molecule has 2 atom stereocenters. The Morgan fingerprint density at radius 1 is 1.25 bits per heavy atom. The zero-order valence-electron chi connectivity index (χ0n) is 13.9. The molecule has 0 spiro atoms. The van der Waals surface area contributed by atoms with E-state index in [-0.39, 0.29) is 48.1 Å². The Kier molecular flexibility index (Phi) is 5.74. The van der Waals surface area contributed by atoms with Gasteiger partial charge in [-0.05, 0) is 39.0 Å². The summed E-state index contributed by atoms with van der Waals surface area (Å²) in [6.07, 6.45) is -0.403. The lowest BCUT2D eigenvalue weighted by atomic mass is 10.2. The highest BCUT2D eigenvalue weighted by Crippen LogP contribution is 2.22. The number of carbonyl (C=O) groups is 2. The van der Waals surface area contributed by atoms with Crippen molar-refractivity contribution < 1.29 is 27.5 Å².